The second kappa shape index (κ2) is 7.07. The molecule has 6 nitrogen and oxygen atoms in total. The lowest BCUT2D eigenvalue weighted by Gasteiger charge is -2.34. The maximum absolute atomic E-state index is 12.6. The van der Waals surface area contributed by atoms with Crippen molar-refractivity contribution in [1.29, 1.82) is 5.41 Å². The molecule has 2 unspecified atom stereocenters. The smallest absolute Gasteiger partial charge is 0.280 e. The highest BCUT2D eigenvalue weighted by molar-refractivity contribution is 7.87. The summed E-state index contributed by atoms with van der Waals surface area (Å²) in [5.74, 6) is 0.490. The summed E-state index contributed by atoms with van der Waals surface area (Å²) in [6, 6.07) is -0.549. The molecule has 2 atom stereocenters. The minimum absolute atomic E-state index is 0.0597. The van der Waals surface area contributed by atoms with E-state index >= 15 is 0 Å². The number of amidine groups is 1. The number of nitrogens with zero attached hydrogens (tertiary/aromatic N) is 1. The zero-order valence-corrected chi connectivity index (χ0v) is 13.7. The van der Waals surface area contributed by atoms with Crippen LogP contribution in [0.2, 0.25) is 0 Å². The third-order valence-corrected chi connectivity index (χ3v) is 6.26. The van der Waals surface area contributed by atoms with Gasteiger partial charge in [-0.05, 0) is 37.5 Å². The van der Waals surface area contributed by atoms with E-state index in [2.05, 4.69) is 11.6 Å². The van der Waals surface area contributed by atoms with Gasteiger partial charge in [-0.1, -0.05) is 26.2 Å². The number of piperidine rings is 1. The summed E-state index contributed by atoms with van der Waals surface area (Å²) in [5, 5.41) is 7.75. The first-order valence-electron chi connectivity index (χ1n) is 8.01. The van der Waals surface area contributed by atoms with E-state index in [1.54, 1.807) is 0 Å². The van der Waals surface area contributed by atoms with E-state index < -0.39 is 16.3 Å². The average molecular weight is 316 g/mol. The second-order valence-electron chi connectivity index (χ2n) is 6.56. The predicted molar refractivity (Wildman–Crippen MR) is 84.3 cm³/mol. The molecule has 0 bridgehead atoms. The first-order valence-corrected chi connectivity index (χ1v) is 9.45. The molecule has 122 valence electrons. The Labute approximate surface area is 128 Å². The summed E-state index contributed by atoms with van der Waals surface area (Å²) in [5.41, 5.74) is 5.67. The number of nitrogens with one attached hydrogen (secondary N) is 2. The van der Waals surface area contributed by atoms with Gasteiger partial charge in [0, 0.05) is 13.1 Å². The van der Waals surface area contributed by atoms with Gasteiger partial charge in [0.1, 0.15) is 5.84 Å². The Balaban J connectivity index is 2.05. The monoisotopic (exact) mass is 316 g/mol. The fourth-order valence-electron chi connectivity index (χ4n) is 3.48. The van der Waals surface area contributed by atoms with Gasteiger partial charge in [-0.2, -0.15) is 17.4 Å². The van der Waals surface area contributed by atoms with Gasteiger partial charge in [0.2, 0.25) is 0 Å². The molecule has 1 heterocycles. The molecule has 2 fully saturated rings. The lowest BCUT2D eigenvalue weighted by atomic mass is 9.84. The molecule has 1 aliphatic carbocycles. The minimum atomic E-state index is -3.55. The molecular formula is C14H28N4O2S. The second-order valence-corrected chi connectivity index (χ2v) is 8.26. The first kappa shape index (κ1) is 16.7. The van der Waals surface area contributed by atoms with Crippen molar-refractivity contribution in [3.8, 4) is 0 Å². The summed E-state index contributed by atoms with van der Waals surface area (Å²) >= 11 is 0. The molecule has 7 heteroatoms. The van der Waals surface area contributed by atoms with Crippen LogP contribution in [-0.4, -0.2) is 37.7 Å². The average Bonchev–Trinajstić information content (AvgIpc) is 2.45. The molecule has 2 aliphatic rings. The van der Waals surface area contributed by atoms with Crippen molar-refractivity contribution in [2.75, 3.05) is 13.1 Å². The molecule has 0 spiro atoms. The van der Waals surface area contributed by atoms with Crippen LogP contribution in [0, 0.1) is 17.2 Å². The maximum atomic E-state index is 12.6. The van der Waals surface area contributed by atoms with Crippen LogP contribution in [-0.2, 0) is 10.2 Å². The van der Waals surface area contributed by atoms with Gasteiger partial charge in [0.25, 0.3) is 10.2 Å². The summed E-state index contributed by atoms with van der Waals surface area (Å²) in [6.07, 6.45) is 7.25. The highest BCUT2D eigenvalue weighted by Gasteiger charge is 2.34. The van der Waals surface area contributed by atoms with Crippen LogP contribution in [0.15, 0.2) is 0 Å². The number of nitrogens with two attached hydrogens (primary N) is 1. The summed E-state index contributed by atoms with van der Waals surface area (Å²) < 4.78 is 29.3. The standard InChI is InChI=1S/C14H28N4O2S/c1-11-6-5-9-18(10-11)21(19,20)17-13(14(15)16)12-7-3-2-4-8-12/h11-13,17H,2-10H2,1H3,(H3,15,16). The third-order valence-electron chi connectivity index (χ3n) is 4.69. The largest absolute Gasteiger partial charge is 0.386 e. The lowest BCUT2D eigenvalue weighted by molar-refractivity contribution is 0.271. The van der Waals surface area contributed by atoms with Crippen molar-refractivity contribution >= 4 is 16.0 Å². The van der Waals surface area contributed by atoms with E-state index in [-0.39, 0.29) is 11.8 Å². The fourth-order valence-corrected chi connectivity index (χ4v) is 5.09. The Kier molecular flexibility index (Phi) is 5.62. The minimum Gasteiger partial charge on any atom is -0.386 e. The summed E-state index contributed by atoms with van der Waals surface area (Å²) in [6.45, 7) is 3.20. The van der Waals surface area contributed by atoms with Gasteiger partial charge in [0.05, 0.1) is 6.04 Å². The molecule has 1 saturated carbocycles. The van der Waals surface area contributed by atoms with Crippen LogP contribution in [0.25, 0.3) is 0 Å². The van der Waals surface area contributed by atoms with E-state index in [9.17, 15) is 8.42 Å². The SMILES string of the molecule is CC1CCCN(S(=O)(=O)NC(C(=N)N)C2CCCCC2)C1. The van der Waals surface area contributed by atoms with Crippen LogP contribution >= 0.6 is 0 Å². The Bertz CT molecular complexity index is 460. The normalized spacial score (nSPS) is 27.4. The van der Waals surface area contributed by atoms with Crippen LogP contribution < -0.4 is 10.5 Å². The summed E-state index contributed by atoms with van der Waals surface area (Å²) in [7, 11) is -3.55. The Morgan fingerprint density at radius 2 is 1.90 bits per heavy atom. The van der Waals surface area contributed by atoms with Gasteiger partial charge in [-0.25, -0.2) is 0 Å². The Morgan fingerprint density at radius 3 is 2.48 bits per heavy atom. The van der Waals surface area contributed by atoms with Gasteiger partial charge >= 0.3 is 0 Å². The van der Waals surface area contributed by atoms with Crippen LogP contribution in [0.4, 0.5) is 0 Å². The fraction of sp³-hybridized carbons (Fsp3) is 0.929. The molecule has 2 rings (SSSR count). The van der Waals surface area contributed by atoms with E-state index in [0.717, 1.165) is 38.5 Å². The highest BCUT2D eigenvalue weighted by atomic mass is 32.2. The van der Waals surface area contributed by atoms with E-state index in [0.29, 0.717) is 19.0 Å². The van der Waals surface area contributed by atoms with Gasteiger partial charge in [-0.15, -0.1) is 0 Å². The van der Waals surface area contributed by atoms with Crippen LogP contribution in [0.1, 0.15) is 51.9 Å². The zero-order valence-electron chi connectivity index (χ0n) is 12.8. The Morgan fingerprint density at radius 1 is 1.24 bits per heavy atom. The third kappa shape index (κ3) is 4.40. The molecular weight excluding hydrogens is 288 g/mol. The molecule has 0 aromatic rings. The molecule has 1 saturated heterocycles. The van der Waals surface area contributed by atoms with Gasteiger partial charge < -0.3 is 5.73 Å². The molecule has 21 heavy (non-hydrogen) atoms. The summed E-state index contributed by atoms with van der Waals surface area (Å²) in [4.78, 5) is 0. The zero-order chi connectivity index (χ0) is 15.5. The van der Waals surface area contributed by atoms with Crippen LogP contribution in [0.3, 0.4) is 0 Å². The molecule has 0 radical (unpaired) electrons. The van der Waals surface area contributed by atoms with Crippen LogP contribution in [0.5, 0.6) is 0 Å². The molecule has 0 aromatic carbocycles. The van der Waals surface area contributed by atoms with E-state index in [1.807, 2.05) is 0 Å². The van der Waals surface area contributed by atoms with Gasteiger partial charge in [0.15, 0.2) is 0 Å². The van der Waals surface area contributed by atoms with Crippen molar-refractivity contribution in [2.24, 2.45) is 17.6 Å². The van der Waals surface area contributed by atoms with Gasteiger partial charge in [-0.3, -0.25) is 5.41 Å². The number of rotatable bonds is 5. The quantitative estimate of drug-likeness (QED) is 0.528. The van der Waals surface area contributed by atoms with E-state index in [4.69, 9.17) is 11.1 Å². The van der Waals surface area contributed by atoms with E-state index in [1.165, 1.54) is 10.7 Å². The molecule has 0 amide bonds. The Hall–Kier alpha value is -0.660. The predicted octanol–water partition coefficient (Wildman–Crippen LogP) is 1.44. The molecule has 0 aromatic heterocycles. The topological polar surface area (TPSA) is 99.3 Å². The molecule has 4 N–H and O–H groups in total. The number of hydrogen-bond acceptors (Lipinski definition) is 3. The van der Waals surface area contributed by atoms with Crippen molar-refractivity contribution < 1.29 is 8.42 Å². The lowest BCUT2D eigenvalue weighted by Crippen LogP contribution is -2.54. The van der Waals surface area contributed by atoms with Crippen molar-refractivity contribution in [2.45, 2.75) is 57.9 Å². The van der Waals surface area contributed by atoms with Crippen molar-refractivity contribution in [3.63, 3.8) is 0 Å². The highest BCUT2D eigenvalue weighted by Crippen LogP contribution is 2.27. The first-order chi connectivity index (χ1) is 9.90. The van der Waals surface area contributed by atoms with Crippen molar-refractivity contribution in [3.05, 3.63) is 0 Å². The maximum Gasteiger partial charge on any atom is 0.280 e. The van der Waals surface area contributed by atoms with Crippen molar-refractivity contribution in [1.82, 2.24) is 9.03 Å². The molecule has 1 aliphatic heterocycles. The number of hydrogen-bond donors (Lipinski definition) is 3.